The highest BCUT2D eigenvalue weighted by Gasteiger charge is 2.22. The van der Waals surface area contributed by atoms with Gasteiger partial charge in [0.25, 0.3) is 5.91 Å². The summed E-state index contributed by atoms with van der Waals surface area (Å²) in [6.07, 6.45) is 5.64. The predicted octanol–water partition coefficient (Wildman–Crippen LogP) is 4.90. The second kappa shape index (κ2) is 7.44. The van der Waals surface area contributed by atoms with Crippen LogP contribution in [-0.4, -0.2) is 11.1 Å². The number of amidine groups is 1. The van der Waals surface area contributed by atoms with Crippen molar-refractivity contribution in [1.29, 1.82) is 0 Å². The third kappa shape index (κ3) is 4.43. The molecule has 1 aliphatic rings. The lowest BCUT2D eigenvalue weighted by molar-refractivity contribution is -0.115. The van der Waals surface area contributed by atoms with Gasteiger partial charge in [-0.05, 0) is 47.7 Å². The van der Waals surface area contributed by atoms with Crippen LogP contribution in [0.3, 0.4) is 0 Å². The third-order valence-electron chi connectivity index (χ3n) is 3.04. The predicted molar refractivity (Wildman–Crippen MR) is 101 cm³/mol. The Morgan fingerprint density at radius 2 is 1.78 bits per heavy atom. The average Bonchev–Trinajstić information content (AvgIpc) is 2.90. The van der Waals surface area contributed by atoms with Crippen LogP contribution in [0.4, 0.5) is 5.69 Å². The lowest BCUT2D eigenvalue weighted by Crippen LogP contribution is -2.19. The van der Waals surface area contributed by atoms with Gasteiger partial charge >= 0.3 is 0 Å². The summed E-state index contributed by atoms with van der Waals surface area (Å²) in [7, 11) is 0. The maximum absolute atomic E-state index is 11.9. The number of rotatable bonds is 3. The molecule has 1 heterocycles. The minimum Gasteiger partial charge on any atom is -0.300 e. The zero-order valence-corrected chi connectivity index (χ0v) is 14.5. The molecule has 0 radical (unpaired) electrons. The Morgan fingerprint density at radius 3 is 2.52 bits per heavy atom. The van der Waals surface area contributed by atoms with Gasteiger partial charge < -0.3 is 5.32 Å². The van der Waals surface area contributed by atoms with Crippen molar-refractivity contribution in [2.75, 3.05) is 0 Å². The van der Waals surface area contributed by atoms with E-state index < -0.39 is 0 Å². The van der Waals surface area contributed by atoms with E-state index in [1.807, 2.05) is 66.7 Å². The highest BCUT2D eigenvalue weighted by molar-refractivity contribution is 9.10. The molecular weight excluding hydrogens is 372 g/mol. The summed E-state index contributed by atoms with van der Waals surface area (Å²) < 4.78 is 0.996. The van der Waals surface area contributed by atoms with Gasteiger partial charge in [-0.2, -0.15) is 0 Å². The zero-order valence-electron chi connectivity index (χ0n) is 12.1. The van der Waals surface area contributed by atoms with Crippen molar-refractivity contribution in [3.63, 3.8) is 0 Å². The molecule has 3 nitrogen and oxygen atoms in total. The molecule has 2 aromatic carbocycles. The van der Waals surface area contributed by atoms with Crippen LogP contribution in [0, 0.1) is 0 Å². The van der Waals surface area contributed by atoms with Gasteiger partial charge in [0, 0.05) is 4.47 Å². The van der Waals surface area contributed by atoms with E-state index >= 15 is 0 Å². The number of nitrogens with one attached hydrogen (secondary N) is 1. The first-order chi connectivity index (χ1) is 11.2. The maximum atomic E-state index is 11.9. The largest absolute Gasteiger partial charge is 0.300 e. The molecule has 1 fully saturated rings. The molecule has 2 aromatic rings. The standard InChI is InChI=1S/C18H13BrN2OS/c19-14-9-11-15(12-10-14)20-18-21-17(22)16(23-18)8-4-7-13-5-2-1-3-6-13/h1-12H,(H,20,21,22)/b7-4+,16-8+. The number of hydrogen-bond acceptors (Lipinski definition) is 3. The van der Waals surface area contributed by atoms with Crippen LogP contribution in [0.25, 0.3) is 6.08 Å². The van der Waals surface area contributed by atoms with Gasteiger partial charge in [-0.1, -0.05) is 58.4 Å². The zero-order chi connectivity index (χ0) is 16.1. The molecule has 0 unspecified atom stereocenters. The molecule has 23 heavy (non-hydrogen) atoms. The maximum Gasteiger partial charge on any atom is 0.264 e. The molecule has 0 atom stereocenters. The third-order valence-corrected chi connectivity index (χ3v) is 4.50. The van der Waals surface area contributed by atoms with Gasteiger partial charge in [-0.25, -0.2) is 4.99 Å². The Bertz CT molecular complexity index is 796. The molecule has 0 aliphatic carbocycles. The van der Waals surface area contributed by atoms with Crippen LogP contribution in [0.1, 0.15) is 5.56 Å². The lowest BCUT2D eigenvalue weighted by Gasteiger charge is -1.96. The van der Waals surface area contributed by atoms with Crippen LogP contribution in [0.2, 0.25) is 0 Å². The highest BCUT2D eigenvalue weighted by atomic mass is 79.9. The smallest absolute Gasteiger partial charge is 0.264 e. The first-order valence-electron chi connectivity index (χ1n) is 6.97. The van der Waals surface area contributed by atoms with E-state index in [-0.39, 0.29) is 5.91 Å². The van der Waals surface area contributed by atoms with Crippen molar-refractivity contribution in [2.24, 2.45) is 4.99 Å². The fourth-order valence-corrected chi connectivity index (χ4v) is 3.00. The van der Waals surface area contributed by atoms with Crippen LogP contribution in [0.5, 0.6) is 0 Å². The molecule has 3 rings (SSSR count). The van der Waals surface area contributed by atoms with Gasteiger partial charge in [-0.3, -0.25) is 4.79 Å². The van der Waals surface area contributed by atoms with E-state index in [0.29, 0.717) is 10.1 Å². The van der Waals surface area contributed by atoms with Gasteiger partial charge in [0.2, 0.25) is 0 Å². The highest BCUT2D eigenvalue weighted by Crippen LogP contribution is 2.26. The molecule has 0 saturated carbocycles. The number of nitrogens with zero attached hydrogens (tertiary/aromatic N) is 1. The van der Waals surface area contributed by atoms with Crippen molar-refractivity contribution in [3.05, 3.63) is 81.7 Å². The normalized spacial score (nSPS) is 18.0. The molecular formula is C18H13BrN2OS. The molecule has 114 valence electrons. The Balaban J connectivity index is 1.71. The van der Waals surface area contributed by atoms with Crippen molar-refractivity contribution in [3.8, 4) is 0 Å². The van der Waals surface area contributed by atoms with Gasteiger partial charge in [0.05, 0.1) is 10.6 Å². The SMILES string of the molecule is O=C1NC(=Nc2ccc(Br)cc2)S/C1=C/C=C/c1ccccc1. The first-order valence-corrected chi connectivity index (χ1v) is 8.58. The fraction of sp³-hybridized carbons (Fsp3) is 0. The topological polar surface area (TPSA) is 41.5 Å². The van der Waals surface area contributed by atoms with Crippen LogP contribution in [-0.2, 0) is 4.79 Å². The second-order valence-corrected chi connectivity index (χ2v) is 6.70. The molecule has 1 amide bonds. The summed E-state index contributed by atoms with van der Waals surface area (Å²) in [5.41, 5.74) is 1.90. The van der Waals surface area contributed by atoms with Gasteiger partial charge in [-0.15, -0.1) is 0 Å². The number of aliphatic imine (C=N–C) groups is 1. The lowest BCUT2D eigenvalue weighted by atomic mass is 10.2. The molecule has 5 heteroatoms. The van der Waals surface area contributed by atoms with Crippen molar-refractivity contribution in [2.45, 2.75) is 0 Å². The van der Waals surface area contributed by atoms with E-state index in [9.17, 15) is 4.79 Å². The summed E-state index contributed by atoms with van der Waals surface area (Å²) in [5, 5.41) is 3.37. The Kier molecular flexibility index (Phi) is 5.10. The molecule has 1 saturated heterocycles. The number of thioether (sulfide) groups is 1. The molecule has 1 aliphatic heterocycles. The Hall–Kier alpha value is -2.11. The van der Waals surface area contributed by atoms with E-state index in [2.05, 4.69) is 26.2 Å². The molecule has 1 N–H and O–H groups in total. The second-order valence-electron chi connectivity index (χ2n) is 4.75. The quantitative estimate of drug-likeness (QED) is 0.764. The van der Waals surface area contributed by atoms with Crippen molar-refractivity contribution in [1.82, 2.24) is 5.32 Å². The number of halogens is 1. The number of benzene rings is 2. The fourth-order valence-electron chi connectivity index (χ4n) is 1.94. The molecule has 0 spiro atoms. The van der Waals surface area contributed by atoms with E-state index in [0.717, 1.165) is 15.7 Å². The number of carbonyl (C=O) groups excluding carboxylic acids is 1. The van der Waals surface area contributed by atoms with Crippen LogP contribution < -0.4 is 5.32 Å². The van der Waals surface area contributed by atoms with Gasteiger partial charge in [0.1, 0.15) is 0 Å². The summed E-state index contributed by atoms with van der Waals surface area (Å²) in [6, 6.07) is 17.6. The van der Waals surface area contributed by atoms with Crippen LogP contribution >= 0.6 is 27.7 Å². The van der Waals surface area contributed by atoms with Crippen LogP contribution in [0.15, 0.2) is 81.1 Å². The number of allylic oxidation sites excluding steroid dienone is 2. The summed E-state index contributed by atoms with van der Waals surface area (Å²) in [4.78, 5) is 17.0. The minimum absolute atomic E-state index is 0.122. The summed E-state index contributed by atoms with van der Waals surface area (Å²) in [6.45, 7) is 0. The Labute approximate surface area is 147 Å². The van der Waals surface area contributed by atoms with Crippen molar-refractivity contribution >= 4 is 50.5 Å². The van der Waals surface area contributed by atoms with Gasteiger partial charge in [0.15, 0.2) is 5.17 Å². The number of hydrogen-bond donors (Lipinski definition) is 1. The van der Waals surface area contributed by atoms with E-state index in [1.165, 1.54) is 11.8 Å². The number of carbonyl (C=O) groups is 1. The minimum atomic E-state index is -0.122. The monoisotopic (exact) mass is 384 g/mol. The molecule has 0 aromatic heterocycles. The number of amides is 1. The average molecular weight is 385 g/mol. The van der Waals surface area contributed by atoms with E-state index in [4.69, 9.17) is 0 Å². The summed E-state index contributed by atoms with van der Waals surface area (Å²) >= 11 is 4.73. The first kappa shape index (κ1) is 15.8. The van der Waals surface area contributed by atoms with E-state index in [1.54, 1.807) is 6.08 Å². The summed E-state index contributed by atoms with van der Waals surface area (Å²) in [5.74, 6) is -0.122. The Morgan fingerprint density at radius 1 is 1.04 bits per heavy atom. The van der Waals surface area contributed by atoms with Crippen molar-refractivity contribution < 1.29 is 4.79 Å². The molecule has 0 bridgehead atoms.